The van der Waals surface area contributed by atoms with Crippen molar-refractivity contribution in [3.63, 3.8) is 0 Å². The van der Waals surface area contributed by atoms with Crippen LogP contribution in [0, 0.1) is 0 Å². The van der Waals surface area contributed by atoms with Crippen molar-refractivity contribution in [2.24, 2.45) is 0 Å². The van der Waals surface area contributed by atoms with Gasteiger partial charge in [-0.05, 0) is 18.6 Å². The molecule has 1 aromatic rings. The lowest BCUT2D eigenvalue weighted by atomic mass is 9.99. The lowest BCUT2D eigenvalue weighted by Gasteiger charge is -2.27. The molecule has 0 amide bonds. The first-order valence-corrected chi connectivity index (χ1v) is 4.86. The van der Waals surface area contributed by atoms with E-state index in [1.54, 1.807) is 0 Å². The van der Waals surface area contributed by atoms with Crippen LogP contribution >= 0.6 is 0 Å². The lowest BCUT2D eigenvalue weighted by molar-refractivity contribution is 0.152. The van der Waals surface area contributed by atoms with Crippen LogP contribution in [0.15, 0.2) is 30.3 Å². The van der Waals surface area contributed by atoms with Crippen molar-refractivity contribution in [3.8, 4) is 0 Å². The summed E-state index contributed by atoms with van der Waals surface area (Å²) in [5.41, 5.74) is 0.758. The van der Waals surface area contributed by atoms with Crippen molar-refractivity contribution in [1.82, 2.24) is 0 Å². The smallest absolute Gasteiger partial charge is 0.0859 e. The van der Waals surface area contributed by atoms with Crippen LogP contribution in [-0.2, 0) is 4.74 Å². The Bertz CT molecular complexity index is 281. The first-order chi connectivity index (χ1) is 6.85. The van der Waals surface area contributed by atoms with Crippen LogP contribution in [0.3, 0.4) is 0 Å². The molecule has 76 valence electrons. The molecular weight excluding hydrogens is 178 g/mol. The van der Waals surface area contributed by atoms with Gasteiger partial charge in [-0.15, -0.1) is 0 Å². The summed E-state index contributed by atoms with van der Waals surface area (Å²) in [5.74, 6) is 0. The summed E-state index contributed by atoms with van der Waals surface area (Å²) < 4.78 is 5.30. The fraction of sp³-hybridized carbons (Fsp3) is 0.455. The molecule has 1 aliphatic heterocycles. The maximum Gasteiger partial charge on any atom is 0.0859 e. The Morgan fingerprint density at radius 1 is 1.36 bits per heavy atom. The standard InChI is InChI=1S/C11H15NO2/c13-8-11(6-7-14-9-11)12-10-4-2-1-3-5-10/h1-5,12-13H,6-9H2. The van der Waals surface area contributed by atoms with E-state index in [0.717, 1.165) is 18.7 Å². The van der Waals surface area contributed by atoms with Gasteiger partial charge in [0, 0.05) is 12.3 Å². The van der Waals surface area contributed by atoms with Crippen LogP contribution in [0.4, 0.5) is 5.69 Å². The van der Waals surface area contributed by atoms with E-state index in [1.165, 1.54) is 0 Å². The zero-order chi connectivity index (χ0) is 9.86. The van der Waals surface area contributed by atoms with Gasteiger partial charge in [-0.2, -0.15) is 0 Å². The normalized spacial score (nSPS) is 26.4. The quantitative estimate of drug-likeness (QED) is 0.759. The Morgan fingerprint density at radius 2 is 2.14 bits per heavy atom. The van der Waals surface area contributed by atoms with Gasteiger partial charge in [0.2, 0.25) is 0 Å². The molecular formula is C11H15NO2. The molecule has 1 aliphatic rings. The van der Waals surface area contributed by atoms with Crippen LogP contribution in [0.2, 0.25) is 0 Å². The van der Waals surface area contributed by atoms with Gasteiger partial charge in [0.05, 0.1) is 18.8 Å². The number of aliphatic hydroxyl groups excluding tert-OH is 1. The maximum absolute atomic E-state index is 9.34. The minimum atomic E-state index is -0.276. The van der Waals surface area contributed by atoms with E-state index >= 15 is 0 Å². The van der Waals surface area contributed by atoms with Gasteiger partial charge in [-0.1, -0.05) is 18.2 Å². The Morgan fingerprint density at radius 3 is 2.71 bits per heavy atom. The number of para-hydroxylation sites is 1. The van der Waals surface area contributed by atoms with Crippen LogP contribution in [0.5, 0.6) is 0 Å². The van der Waals surface area contributed by atoms with Gasteiger partial charge in [-0.3, -0.25) is 0 Å². The van der Waals surface area contributed by atoms with Gasteiger partial charge in [0.25, 0.3) is 0 Å². The zero-order valence-electron chi connectivity index (χ0n) is 8.07. The highest BCUT2D eigenvalue weighted by Gasteiger charge is 2.33. The largest absolute Gasteiger partial charge is 0.394 e. The van der Waals surface area contributed by atoms with Crippen LogP contribution < -0.4 is 5.32 Å². The summed E-state index contributed by atoms with van der Waals surface area (Å²) in [6.07, 6.45) is 0.860. The molecule has 1 heterocycles. The summed E-state index contributed by atoms with van der Waals surface area (Å²) in [6.45, 7) is 1.42. The molecule has 0 spiro atoms. The second-order valence-corrected chi connectivity index (χ2v) is 3.73. The van der Waals surface area contributed by atoms with Gasteiger partial charge in [0.15, 0.2) is 0 Å². The molecule has 2 rings (SSSR count). The topological polar surface area (TPSA) is 41.5 Å². The highest BCUT2D eigenvalue weighted by atomic mass is 16.5. The molecule has 0 radical (unpaired) electrons. The van der Waals surface area contributed by atoms with Crippen LogP contribution in [0.25, 0.3) is 0 Å². The van der Waals surface area contributed by atoms with Gasteiger partial charge < -0.3 is 15.2 Å². The van der Waals surface area contributed by atoms with Crippen LogP contribution in [0.1, 0.15) is 6.42 Å². The van der Waals surface area contributed by atoms with Gasteiger partial charge in [-0.25, -0.2) is 0 Å². The van der Waals surface area contributed by atoms with Crippen molar-refractivity contribution >= 4 is 5.69 Å². The van der Waals surface area contributed by atoms with Crippen molar-refractivity contribution in [2.45, 2.75) is 12.0 Å². The average molecular weight is 193 g/mol. The van der Waals surface area contributed by atoms with E-state index in [4.69, 9.17) is 4.74 Å². The van der Waals surface area contributed by atoms with Crippen molar-refractivity contribution in [1.29, 1.82) is 0 Å². The first-order valence-electron chi connectivity index (χ1n) is 4.86. The Hall–Kier alpha value is -1.06. The van der Waals surface area contributed by atoms with Crippen molar-refractivity contribution in [3.05, 3.63) is 30.3 Å². The van der Waals surface area contributed by atoms with E-state index in [2.05, 4.69) is 5.32 Å². The Balaban J connectivity index is 2.08. The second-order valence-electron chi connectivity index (χ2n) is 3.73. The monoisotopic (exact) mass is 193 g/mol. The number of hydrogen-bond acceptors (Lipinski definition) is 3. The van der Waals surface area contributed by atoms with E-state index in [0.29, 0.717) is 6.61 Å². The van der Waals surface area contributed by atoms with E-state index in [-0.39, 0.29) is 12.1 Å². The fourth-order valence-corrected chi connectivity index (χ4v) is 1.70. The summed E-state index contributed by atoms with van der Waals surface area (Å²) in [7, 11) is 0. The highest BCUT2D eigenvalue weighted by molar-refractivity contribution is 5.45. The minimum Gasteiger partial charge on any atom is -0.394 e. The first kappa shape index (κ1) is 9.49. The highest BCUT2D eigenvalue weighted by Crippen LogP contribution is 2.23. The summed E-state index contributed by atoms with van der Waals surface area (Å²) in [5, 5.41) is 12.7. The number of nitrogens with one attached hydrogen (secondary N) is 1. The molecule has 1 unspecified atom stereocenters. The Labute approximate surface area is 83.7 Å². The van der Waals surface area contributed by atoms with E-state index in [1.807, 2.05) is 30.3 Å². The van der Waals surface area contributed by atoms with Crippen molar-refractivity contribution in [2.75, 3.05) is 25.1 Å². The minimum absolute atomic E-state index is 0.113. The second kappa shape index (κ2) is 3.98. The average Bonchev–Trinajstić information content (AvgIpc) is 2.69. The molecule has 3 nitrogen and oxygen atoms in total. The molecule has 0 aromatic heterocycles. The third-order valence-electron chi connectivity index (χ3n) is 2.59. The maximum atomic E-state index is 9.34. The number of ether oxygens (including phenoxy) is 1. The van der Waals surface area contributed by atoms with Crippen LogP contribution in [-0.4, -0.2) is 30.5 Å². The fourth-order valence-electron chi connectivity index (χ4n) is 1.70. The van der Waals surface area contributed by atoms with E-state index in [9.17, 15) is 5.11 Å². The molecule has 2 N–H and O–H groups in total. The molecule has 3 heteroatoms. The summed E-state index contributed by atoms with van der Waals surface area (Å²) in [4.78, 5) is 0. The lowest BCUT2D eigenvalue weighted by Crippen LogP contribution is -2.42. The number of hydrogen-bond donors (Lipinski definition) is 2. The van der Waals surface area contributed by atoms with Crippen molar-refractivity contribution < 1.29 is 9.84 Å². The predicted octanol–water partition coefficient (Wildman–Crippen LogP) is 1.25. The zero-order valence-corrected chi connectivity index (χ0v) is 8.07. The molecule has 0 aliphatic carbocycles. The predicted molar refractivity (Wildman–Crippen MR) is 55.3 cm³/mol. The molecule has 1 fully saturated rings. The summed E-state index contributed by atoms with van der Waals surface area (Å²) in [6, 6.07) is 9.92. The summed E-state index contributed by atoms with van der Waals surface area (Å²) >= 11 is 0. The van der Waals surface area contributed by atoms with E-state index < -0.39 is 0 Å². The number of benzene rings is 1. The molecule has 1 atom stereocenters. The SMILES string of the molecule is OCC1(Nc2ccccc2)CCOC1. The van der Waals surface area contributed by atoms with Gasteiger partial charge in [0.1, 0.15) is 0 Å². The number of rotatable bonds is 3. The molecule has 0 saturated carbocycles. The molecule has 1 aromatic carbocycles. The molecule has 0 bridgehead atoms. The molecule has 14 heavy (non-hydrogen) atoms. The third-order valence-corrected chi connectivity index (χ3v) is 2.59. The third kappa shape index (κ3) is 1.89. The van der Waals surface area contributed by atoms with Gasteiger partial charge >= 0.3 is 0 Å². The number of aliphatic hydroxyl groups is 1. The Kier molecular flexibility index (Phi) is 2.70. The number of anilines is 1. The molecule has 1 saturated heterocycles.